The average molecular weight is 332 g/mol. The van der Waals surface area contributed by atoms with Crippen molar-refractivity contribution >= 4 is 17.8 Å². The van der Waals surface area contributed by atoms with E-state index >= 15 is 0 Å². The number of esters is 1. The van der Waals surface area contributed by atoms with Crippen LogP contribution in [0, 0.1) is 5.92 Å². The van der Waals surface area contributed by atoms with E-state index in [0.717, 1.165) is 12.8 Å². The Morgan fingerprint density at radius 2 is 2.00 bits per heavy atom. The van der Waals surface area contributed by atoms with Gasteiger partial charge in [-0.05, 0) is 31.9 Å². The van der Waals surface area contributed by atoms with Crippen LogP contribution in [0.15, 0.2) is 30.3 Å². The molecule has 24 heavy (non-hydrogen) atoms. The molecule has 1 aliphatic rings. The van der Waals surface area contributed by atoms with Crippen LogP contribution in [0.2, 0.25) is 0 Å². The van der Waals surface area contributed by atoms with Crippen molar-refractivity contribution in [2.24, 2.45) is 5.92 Å². The highest BCUT2D eigenvalue weighted by atomic mass is 16.5. The van der Waals surface area contributed by atoms with Crippen molar-refractivity contribution in [1.29, 1.82) is 0 Å². The largest absolute Gasteiger partial charge is 0.466 e. The zero-order valence-corrected chi connectivity index (χ0v) is 14.0. The van der Waals surface area contributed by atoms with E-state index in [-0.39, 0.29) is 36.7 Å². The molecule has 1 N–H and O–H groups in total. The van der Waals surface area contributed by atoms with E-state index in [4.69, 9.17) is 4.74 Å². The predicted octanol–water partition coefficient (Wildman–Crippen LogP) is 1.61. The van der Waals surface area contributed by atoms with Gasteiger partial charge in [0.05, 0.1) is 12.5 Å². The van der Waals surface area contributed by atoms with Crippen LogP contribution in [-0.2, 0) is 14.3 Å². The number of hydrogen-bond donors (Lipinski definition) is 1. The first-order valence-electron chi connectivity index (χ1n) is 8.39. The lowest BCUT2D eigenvalue weighted by Gasteiger charge is -2.31. The molecule has 1 aromatic rings. The van der Waals surface area contributed by atoms with Gasteiger partial charge in [-0.2, -0.15) is 0 Å². The van der Waals surface area contributed by atoms with Crippen molar-refractivity contribution in [3.05, 3.63) is 35.9 Å². The summed E-state index contributed by atoms with van der Waals surface area (Å²) in [4.78, 5) is 37.7. The lowest BCUT2D eigenvalue weighted by atomic mass is 9.98. The number of rotatable bonds is 6. The van der Waals surface area contributed by atoms with E-state index in [1.165, 1.54) is 0 Å². The maximum atomic E-state index is 12.3. The molecule has 1 fully saturated rings. The number of hydrogen-bond acceptors (Lipinski definition) is 4. The summed E-state index contributed by atoms with van der Waals surface area (Å²) >= 11 is 0. The molecule has 0 saturated carbocycles. The number of carbonyl (C=O) groups is 3. The molecule has 0 aliphatic carbocycles. The minimum Gasteiger partial charge on any atom is -0.466 e. The zero-order valence-electron chi connectivity index (χ0n) is 14.0. The molecule has 0 radical (unpaired) electrons. The fourth-order valence-corrected chi connectivity index (χ4v) is 2.79. The van der Waals surface area contributed by atoms with Crippen LogP contribution < -0.4 is 5.32 Å². The van der Waals surface area contributed by atoms with Gasteiger partial charge in [0.25, 0.3) is 5.91 Å². The summed E-state index contributed by atoms with van der Waals surface area (Å²) in [5.74, 6) is -0.697. The first-order valence-corrected chi connectivity index (χ1v) is 8.39. The van der Waals surface area contributed by atoms with Gasteiger partial charge in [-0.15, -0.1) is 0 Å². The summed E-state index contributed by atoms with van der Waals surface area (Å²) in [6.45, 7) is 3.48. The number of nitrogens with one attached hydrogen (secondary N) is 1. The molecule has 1 aromatic carbocycles. The van der Waals surface area contributed by atoms with E-state index in [9.17, 15) is 14.4 Å². The van der Waals surface area contributed by atoms with Crippen LogP contribution >= 0.6 is 0 Å². The lowest BCUT2D eigenvalue weighted by molar-refractivity contribution is -0.151. The molecule has 2 amide bonds. The van der Waals surface area contributed by atoms with Gasteiger partial charge in [0.2, 0.25) is 5.91 Å². The highest BCUT2D eigenvalue weighted by Crippen LogP contribution is 2.18. The highest BCUT2D eigenvalue weighted by Gasteiger charge is 2.29. The average Bonchev–Trinajstić information content (AvgIpc) is 2.62. The van der Waals surface area contributed by atoms with Gasteiger partial charge in [0, 0.05) is 31.6 Å². The van der Waals surface area contributed by atoms with Crippen molar-refractivity contribution in [3.8, 4) is 0 Å². The standard InChI is InChI=1S/C18H24N2O4/c1-2-24-18(23)15-9-6-12-20(13-15)16(21)10-11-19-17(22)14-7-4-3-5-8-14/h3-5,7-8,15H,2,6,9-13H2,1H3,(H,19,22)/t15-/m1/s1. The Bertz CT molecular complexity index is 574. The van der Waals surface area contributed by atoms with Crippen LogP contribution in [0.1, 0.15) is 36.5 Å². The summed E-state index contributed by atoms with van der Waals surface area (Å²) in [6, 6.07) is 8.89. The number of ether oxygens (including phenoxy) is 1. The number of carbonyl (C=O) groups excluding carboxylic acids is 3. The van der Waals surface area contributed by atoms with Gasteiger partial charge in [0.1, 0.15) is 0 Å². The minimum atomic E-state index is -0.235. The second-order valence-electron chi connectivity index (χ2n) is 5.80. The van der Waals surface area contributed by atoms with E-state index in [1.807, 2.05) is 6.07 Å². The molecule has 1 heterocycles. The van der Waals surface area contributed by atoms with Crippen molar-refractivity contribution in [2.45, 2.75) is 26.2 Å². The number of likely N-dealkylation sites (tertiary alicyclic amines) is 1. The second kappa shape index (κ2) is 9.05. The van der Waals surface area contributed by atoms with E-state index in [2.05, 4.69) is 5.32 Å². The molecule has 0 spiro atoms. The van der Waals surface area contributed by atoms with Gasteiger partial charge < -0.3 is 15.0 Å². The Labute approximate surface area is 142 Å². The Hall–Kier alpha value is -2.37. The number of amides is 2. The minimum absolute atomic E-state index is 0.0441. The number of benzene rings is 1. The molecule has 0 unspecified atom stereocenters. The van der Waals surface area contributed by atoms with Crippen molar-refractivity contribution in [2.75, 3.05) is 26.2 Å². The van der Waals surface area contributed by atoms with Crippen LogP contribution in [0.25, 0.3) is 0 Å². The van der Waals surface area contributed by atoms with Crippen LogP contribution in [0.4, 0.5) is 0 Å². The normalized spacial score (nSPS) is 17.2. The van der Waals surface area contributed by atoms with E-state index < -0.39 is 0 Å². The molecule has 0 aromatic heterocycles. The third-order valence-electron chi connectivity index (χ3n) is 4.05. The topological polar surface area (TPSA) is 75.7 Å². The zero-order chi connectivity index (χ0) is 17.4. The number of nitrogens with zero attached hydrogens (tertiary/aromatic N) is 1. The maximum Gasteiger partial charge on any atom is 0.310 e. The first-order chi connectivity index (χ1) is 11.6. The maximum absolute atomic E-state index is 12.3. The van der Waals surface area contributed by atoms with Gasteiger partial charge in [-0.3, -0.25) is 14.4 Å². The van der Waals surface area contributed by atoms with Crippen LogP contribution in [0.3, 0.4) is 0 Å². The number of piperidine rings is 1. The lowest BCUT2D eigenvalue weighted by Crippen LogP contribution is -2.43. The molecule has 6 heteroatoms. The molecular weight excluding hydrogens is 308 g/mol. The van der Waals surface area contributed by atoms with Crippen LogP contribution in [0.5, 0.6) is 0 Å². The first kappa shape index (κ1) is 18.0. The molecular formula is C18H24N2O4. The van der Waals surface area contributed by atoms with Crippen molar-refractivity contribution < 1.29 is 19.1 Å². The molecule has 1 saturated heterocycles. The summed E-state index contributed by atoms with van der Waals surface area (Å²) in [5, 5.41) is 2.75. The van der Waals surface area contributed by atoms with E-state index in [1.54, 1.807) is 36.1 Å². The molecule has 6 nitrogen and oxygen atoms in total. The Morgan fingerprint density at radius 1 is 1.25 bits per heavy atom. The van der Waals surface area contributed by atoms with Crippen molar-refractivity contribution in [3.63, 3.8) is 0 Å². The smallest absolute Gasteiger partial charge is 0.310 e. The second-order valence-corrected chi connectivity index (χ2v) is 5.80. The fourth-order valence-electron chi connectivity index (χ4n) is 2.79. The Kier molecular flexibility index (Phi) is 6.78. The highest BCUT2D eigenvalue weighted by molar-refractivity contribution is 5.94. The van der Waals surface area contributed by atoms with Gasteiger partial charge in [-0.1, -0.05) is 18.2 Å². The molecule has 2 rings (SSSR count). The van der Waals surface area contributed by atoms with Crippen molar-refractivity contribution in [1.82, 2.24) is 10.2 Å². The molecule has 130 valence electrons. The quantitative estimate of drug-likeness (QED) is 0.803. The SMILES string of the molecule is CCOC(=O)[C@@H]1CCCN(C(=O)CCNC(=O)c2ccccc2)C1. The van der Waals surface area contributed by atoms with Crippen LogP contribution in [-0.4, -0.2) is 48.9 Å². The van der Waals surface area contributed by atoms with E-state index in [0.29, 0.717) is 25.3 Å². The monoisotopic (exact) mass is 332 g/mol. The Morgan fingerprint density at radius 3 is 2.71 bits per heavy atom. The third kappa shape index (κ3) is 5.08. The predicted molar refractivity (Wildman–Crippen MR) is 89.3 cm³/mol. The summed E-state index contributed by atoms with van der Waals surface area (Å²) < 4.78 is 5.04. The van der Waals surface area contributed by atoms with Gasteiger partial charge in [-0.25, -0.2) is 0 Å². The fraction of sp³-hybridized carbons (Fsp3) is 0.500. The van der Waals surface area contributed by atoms with Gasteiger partial charge >= 0.3 is 5.97 Å². The van der Waals surface area contributed by atoms with Gasteiger partial charge in [0.15, 0.2) is 0 Å². The summed E-state index contributed by atoms with van der Waals surface area (Å²) in [5.41, 5.74) is 0.574. The Balaban J connectivity index is 1.76. The molecule has 0 bridgehead atoms. The molecule has 1 aliphatic heterocycles. The summed E-state index contributed by atoms with van der Waals surface area (Å²) in [7, 11) is 0. The molecule has 1 atom stereocenters. The third-order valence-corrected chi connectivity index (χ3v) is 4.05. The summed E-state index contributed by atoms with van der Waals surface area (Å²) in [6.07, 6.45) is 1.78.